The number of benzene rings is 2. The second-order valence-electron chi connectivity index (χ2n) is 8.96. The van der Waals surface area contributed by atoms with Crippen molar-refractivity contribution in [2.24, 2.45) is 4.99 Å². The maximum Gasteiger partial charge on any atom is 0.416 e. The molecule has 0 saturated heterocycles. The van der Waals surface area contributed by atoms with Crippen LogP contribution in [0.15, 0.2) is 53.5 Å². The van der Waals surface area contributed by atoms with Crippen molar-refractivity contribution in [3.63, 3.8) is 0 Å². The first-order chi connectivity index (χ1) is 18.1. The lowest BCUT2D eigenvalue weighted by atomic mass is 9.99. The number of nitrogens with zero attached hydrogens (tertiary/aromatic N) is 4. The predicted octanol–water partition coefficient (Wildman–Crippen LogP) is 6.47. The Morgan fingerprint density at radius 2 is 1.66 bits per heavy atom. The first kappa shape index (κ1) is 25.7. The molecule has 7 nitrogen and oxygen atoms in total. The van der Waals surface area contributed by atoms with Gasteiger partial charge in [0.1, 0.15) is 16.9 Å². The van der Waals surface area contributed by atoms with E-state index in [4.69, 9.17) is 9.73 Å². The average molecular weight is 540 g/mol. The van der Waals surface area contributed by atoms with Gasteiger partial charge in [-0.25, -0.2) is 0 Å². The van der Waals surface area contributed by atoms with Gasteiger partial charge in [0.15, 0.2) is 5.82 Å². The molecule has 0 aliphatic carbocycles. The van der Waals surface area contributed by atoms with Crippen LogP contribution >= 0.6 is 11.3 Å². The third-order valence-corrected chi connectivity index (χ3v) is 7.68. The quantitative estimate of drug-likeness (QED) is 0.294. The molecule has 38 heavy (non-hydrogen) atoms. The number of esters is 1. The van der Waals surface area contributed by atoms with E-state index in [2.05, 4.69) is 22.4 Å². The largest absolute Gasteiger partial charge is 0.469 e. The minimum absolute atomic E-state index is 0.0126. The summed E-state index contributed by atoms with van der Waals surface area (Å²) in [4.78, 5) is 18.4. The normalized spacial score (nSPS) is 14.8. The van der Waals surface area contributed by atoms with Crippen molar-refractivity contribution in [1.82, 2.24) is 14.8 Å². The fourth-order valence-corrected chi connectivity index (χ4v) is 5.60. The summed E-state index contributed by atoms with van der Waals surface area (Å²) < 4.78 is 45.5. The van der Waals surface area contributed by atoms with Crippen LogP contribution in [0.3, 0.4) is 0 Å². The number of fused-ring (bicyclic) bond motifs is 3. The van der Waals surface area contributed by atoms with Crippen molar-refractivity contribution in [1.29, 1.82) is 0 Å². The molecule has 1 aliphatic heterocycles. The highest BCUT2D eigenvalue weighted by Crippen LogP contribution is 2.39. The lowest BCUT2D eigenvalue weighted by Crippen LogP contribution is -2.12. The molecule has 0 amide bonds. The van der Waals surface area contributed by atoms with E-state index in [9.17, 15) is 18.0 Å². The van der Waals surface area contributed by atoms with Gasteiger partial charge in [-0.1, -0.05) is 12.1 Å². The Balaban J connectivity index is 1.53. The van der Waals surface area contributed by atoms with Gasteiger partial charge in [-0.15, -0.1) is 21.5 Å². The second kappa shape index (κ2) is 9.71. The number of ether oxygens (including phenoxy) is 1. The Kier molecular flexibility index (Phi) is 6.56. The number of aromatic nitrogens is 3. The summed E-state index contributed by atoms with van der Waals surface area (Å²) in [6, 6.07) is 11.8. The van der Waals surface area contributed by atoms with Gasteiger partial charge in [0.05, 0.1) is 24.8 Å². The third kappa shape index (κ3) is 4.69. The Hall–Kier alpha value is -3.99. The van der Waals surface area contributed by atoms with E-state index in [0.29, 0.717) is 23.0 Å². The number of rotatable bonds is 5. The van der Waals surface area contributed by atoms with E-state index >= 15 is 0 Å². The number of hydrogen-bond acceptors (Lipinski definition) is 7. The molecule has 11 heteroatoms. The molecule has 1 atom stereocenters. The molecule has 4 aromatic rings. The first-order valence-corrected chi connectivity index (χ1v) is 12.6. The van der Waals surface area contributed by atoms with Gasteiger partial charge < -0.3 is 10.1 Å². The smallest absolute Gasteiger partial charge is 0.416 e. The van der Waals surface area contributed by atoms with Gasteiger partial charge in [0.2, 0.25) is 0 Å². The standard InChI is InChI=1S/C27H24F3N5O2S/c1-14-15(2)38-26-23(14)24(32-21(13-22(36)37-4)25-34-33-16(3)35(25)26)17-5-9-19(10-6-17)31-20-11-7-18(8-12-20)27(28,29)30/h5-12,21,31H,13H2,1-4H3/t21-/m0/s1. The monoisotopic (exact) mass is 539 g/mol. The summed E-state index contributed by atoms with van der Waals surface area (Å²) in [6.45, 7) is 5.96. The number of methoxy groups -OCH3 is 1. The van der Waals surface area contributed by atoms with E-state index in [1.807, 2.05) is 42.7 Å². The second-order valence-corrected chi connectivity index (χ2v) is 10.2. The predicted molar refractivity (Wildman–Crippen MR) is 140 cm³/mol. The summed E-state index contributed by atoms with van der Waals surface area (Å²) in [6.07, 6.45) is -4.37. The number of hydrogen-bond donors (Lipinski definition) is 1. The van der Waals surface area contributed by atoms with Crippen LogP contribution in [0.2, 0.25) is 0 Å². The fraction of sp³-hybridized carbons (Fsp3) is 0.259. The fourth-order valence-electron chi connectivity index (χ4n) is 4.39. The minimum Gasteiger partial charge on any atom is -0.469 e. The van der Waals surface area contributed by atoms with Crippen LogP contribution < -0.4 is 5.32 Å². The molecule has 0 saturated carbocycles. The van der Waals surface area contributed by atoms with Crippen molar-refractivity contribution in [3.8, 4) is 5.00 Å². The molecule has 1 N–H and O–H groups in total. The van der Waals surface area contributed by atoms with Crippen LogP contribution in [0, 0.1) is 20.8 Å². The summed E-state index contributed by atoms with van der Waals surface area (Å²) >= 11 is 1.62. The molecule has 2 aromatic heterocycles. The van der Waals surface area contributed by atoms with E-state index in [1.54, 1.807) is 11.3 Å². The molecule has 196 valence electrons. The number of aliphatic imine (C=N–C) groups is 1. The number of nitrogens with one attached hydrogen (secondary N) is 1. The minimum atomic E-state index is -4.38. The van der Waals surface area contributed by atoms with Gasteiger partial charge in [-0.05, 0) is 62.7 Å². The molecular weight excluding hydrogens is 515 g/mol. The van der Waals surface area contributed by atoms with Crippen LogP contribution in [-0.2, 0) is 15.7 Å². The lowest BCUT2D eigenvalue weighted by Gasteiger charge is -2.13. The van der Waals surface area contributed by atoms with Crippen LogP contribution in [0.4, 0.5) is 24.5 Å². The number of anilines is 2. The molecule has 2 aromatic carbocycles. The third-order valence-electron chi connectivity index (χ3n) is 6.49. The van der Waals surface area contributed by atoms with E-state index in [0.717, 1.165) is 44.4 Å². The summed E-state index contributed by atoms with van der Waals surface area (Å²) in [5, 5.41) is 12.7. The Morgan fingerprint density at radius 3 is 2.26 bits per heavy atom. The molecule has 0 unspecified atom stereocenters. The number of alkyl halides is 3. The molecule has 0 fully saturated rings. The molecule has 0 spiro atoms. The van der Waals surface area contributed by atoms with Gasteiger partial charge in [-0.3, -0.25) is 14.4 Å². The SMILES string of the molecule is COC(=O)C[C@@H]1N=C(c2ccc(Nc3ccc(C(F)(F)F)cc3)cc2)c2c(sc(C)c2C)-n2c(C)nnc21. The number of carbonyl (C=O) groups is 1. The van der Waals surface area contributed by atoms with Crippen molar-refractivity contribution in [2.75, 3.05) is 12.4 Å². The molecule has 5 rings (SSSR count). The van der Waals surface area contributed by atoms with Crippen LogP contribution in [0.1, 0.15) is 51.2 Å². The van der Waals surface area contributed by atoms with Crippen LogP contribution in [0.5, 0.6) is 0 Å². The summed E-state index contributed by atoms with van der Waals surface area (Å²) in [5.41, 5.74) is 4.13. The zero-order valence-corrected chi connectivity index (χ0v) is 21.9. The van der Waals surface area contributed by atoms with Crippen LogP contribution in [0.25, 0.3) is 5.00 Å². The van der Waals surface area contributed by atoms with Gasteiger partial charge >= 0.3 is 12.1 Å². The molecular formula is C27H24F3N5O2S. The van der Waals surface area contributed by atoms with E-state index in [1.165, 1.54) is 19.2 Å². The van der Waals surface area contributed by atoms with Crippen molar-refractivity contribution in [2.45, 2.75) is 39.4 Å². The Bertz CT molecular complexity index is 1540. The summed E-state index contributed by atoms with van der Waals surface area (Å²) in [5.74, 6) is 0.871. The summed E-state index contributed by atoms with van der Waals surface area (Å²) in [7, 11) is 1.34. The van der Waals surface area contributed by atoms with Gasteiger partial charge in [-0.2, -0.15) is 13.2 Å². The topological polar surface area (TPSA) is 81.4 Å². The average Bonchev–Trinajstić information content (AvgIpc) is 3.36. The highest BCUT2D eigenvalue weighted by Gasteiger charge is 2.33. The van der Waals surface area contributed by atoms with Crippen molar-refractivity contribution in [3.05, 3.63) is 87.3 Å². The Morgan fingerprint density at radius 1 is 1.03 bits per heavy atom. The van der Waals surface area contributed by atoms with Crippen LogP contribution in [-0.4, -0.2) is 33.6 Å². The van der Waals surface area contributed by atoms with Crippen molar-refractivity contribution < 1.29 is 22.7 Å². The lowest BCUT2D eigenvalue weighted by molar-refractivity contribution is -0.141. The molecule has 0 radical (unpaired) electrons. The van der Waals surface area contributed by atoms with Crippen molar-refractivity contribution >= 4 is 34.4 Å². The first-order valence-electron chi connectivity index (χ1n) is 11.8. The molecule has 3 heterocycles. The van der Waals surface area contributed by atoms with E-state index in [-0.39, 0.29) is 6.42 Å². The number of thiophene rings is 1. The zero-order chi connectivity index (χ0) is 27.2. The zero-order valence-electron chi connectivity index (χ0n) is 21.1. The highest BCUT2D eigenvalue weighted by atomic mass is 32.1. The molecule has 0 bridgehead atoms. The highest BCUT2D eigenvalue weighted by molar-refractivity contribution is 7.15. The van der Waals surface area contributed by atoms with E-state index < -0.39 is 23.8 Å². The number of carbonyl (C=O) groups excluding carboxylic acids is 1. The molecule has 1 aliphatic rings. The number of halogens is 3. The maximum absolute atomic E-state index is 12.9. The van der Waals surface area contributed by atoms with Gasteiger partial charge in [0, 0.05) is 27.4 Å². The van der Waals surface area contributed by atoms with Gasteiger partial charge in [0.25, 0.3) is 0 Å². The number of aryl methyl sites for hydroxylation is 2. The maximum atomic E-state index is 12.9. The Labute approximate surface area is 221 Å².